The number of allylic oxidation sites excluding steroid dienone is 2. The zero-order valence-corrected chi connectivity index (χ0v) is 33.7. The molecule has 9 rings (SSSR count). The molecule has 1 N–H and O–H groups in total. The first-order valence-electron chi connectivity index (χ1n) is 20.3. The number of nitrogens with one attached hydrogen (secondary N) is 1. The molecule has 0 atom stereocenters. The quantitative estimate of drug-likeness (QED) is 0.110. The summed E-state index contributed by atoms with van der Waals surface area (Å²) in [5, 5.41) is 8.69. The number of rotatable bonds is 10. The SMILES string of the molecule is C/C=C\CNc1ccc(N(c2ccccc2)c2ccc(-c3ccc(-c4c5ccccc5c(-c5ccccc5)c5ccccc45)cc3)cc2)cc1-c1ccccc1.C=CC. The Labute approximate surface area is 349 Å². The van der Waals surface area contributed by atoms with Crippen LogP contribution in [0.1, 0.15) is 13.8 Å². The first-order valence-corrected chi connectivity index (χ1v) is 20.3. The zero-order valence-electron chi connectivity index (χ0n) is 33.7. The molecule has 2 nitrogen and oxygen atoms in total. The van der Waals surface area contributed by atoms with Crippen molar-refractivity contribution in [2.75, 3.05) is 16.8 Å². The van der Waals surface area contributed by atoms with Gasteiger partial charge in [-0.2, -0.15) is 0 Å². The number of benzene rings is 9. The van der Waals surface area contributed by atoms with E-state index in [0.29, 0.717) is 0 Å². The maximum atomic E-state index is 3.62. The average Bonchev–Trinajstić information content (AvgIpc) is 3.30. The third-order valence-electron chi connectivity index (χ3n) is 10.6. The molecule has 0 heterocycles. The second-order valence-electron chi connectivity index (χ2n) is 14.5. The van der Waals surface area contributed by atoms with Crippen molar-refractivity contribution in [1.29, 1.82) is 0 Å². The Hall–Kier alpha value is -7.42. The molecule has 0 aliphatic carbocycles. The second-order valence-corrected chi connectivity index (χ2v) is 14.5. The Morgan fingerprint density at radius 3 is 1.32 bits per heavy atom. The molecular weight excluding hydrogens is 713 g/mol. The minimum atomic E-state index is 0.772. The Morgan fingerprint density at radius 1 is 0.424 bits per heavy atom. The van der Waals surface area contributed by atoms with Crippen molar-refractivity contribution in [2.24, 2.45) is 0 Å². The summed E-state index contributed by atoms with van der Waals surface area (Å²) >= 11 is 0. The molecule has 59 heavy (non-hydrogen) atoms. The molecule has 0 aliphatic rings. The van der Waals surface area contributed by atoms with Crippen molar-refractivity contribution >= 4 is 44.3 Å². The number of anilines is 4. The minimum Gasteiger partial charge on any atom is -0.381 e. The Bertz CT molecular complexity index is 2770. The fraction of sp³-hybridized carbons (Fsp3) is 0.0526. The molecule has 0 fully saturated rings. The summed E-state index contributed by atoms with van der Waals surface area (Å²) in [6.45, 7) is 8.07. The first kappa shape index (κ1) is 38.5. The van der Waals surface area contributed by atoms with Crippen LogP contribution in [0.2, 0.25) is 0 Å². The second kappa shape index (κ2) is 18.2. The number of nitrogens with zero attached hydrogens (tertiary/aromatic N) is 1. The molecule has 0 unspecified atom stereocenters. The molecular formula is C57H48N2. The molecule has 286 valence electrons. The molecule has 2 heteroatoms. The summed E-state index contributed by atoms with van der Waals surface area (Å²) in [6, 6.07) is 74.5. The molecule has 0 aliphatic heterocycles. The van der Waals surface area contributed by atoms with E-state index in [0.717, 1.165) is 29.3 Å². The van der Waals surface area contributed by atoms with Crippen molar-refractivity contribution in [3.05, 3.63) is 231 Å². The third kappa shape index (κ3) is 8.21. The summed E-state index contributed by atoms with van der Waals surface area (Å²) in [5.74, 6) is 0. The number of para-hydroxylation sites is 1. The van der Waals surface area contributed by atoms with E-state index < -0.39 is 0 Å². The van der Waals surface area contributed by atoms with Gasteiger partial charge in [-0.3, -0.25) is 0 Å². The van der Waals surface area contributed by atoms with Gasteiger partial charge in [0.25, 0.3) is 0 Å². The summed E-state index contributed by atoms with van der Waals surface area (Å²) in [5.41, 5.74) is 14.1. The van der Waals surface area contributed by atoms with Crippen LogP contribution in [0.4, 0.5) is 22.7 Å². The molecule has 0 radical (unpaired) electrons. The maximum absolute atomic E-state index is 3.62. The summed E-state index contributed by atoms with van der Waals surface area (Å²) in [7, 11) is 0. The smallest absolute Gasteiger partial charge is 0.0469 e. The highest BCUT2D eigenvalue weighted by Gasteiger charge is 2.18. The van der Waals surface area contributed by atoms with Gasteiger partial charge in [-0.05, 0) is 117 Å². The molecule has 0 spiro atoms. The topological polar surface area (TPSA) is 15.3 Å². The van der Waals surface area contributed by atoms with Gasteiger partial charge in [0.15, 0.2) is 0 Å². The van der Waals surface area contributed by atoms with E-state index in [1.54, 1.807) is 6.08 Å². The number of hydrogen-bond acceptors (Lipinski definition) is 2. The lowest BCUT2D eigenvalue weighted by molar-refractivity contribution is 1.27. The molecule has 0 amide bonds. The number of fused-ring (bicyclic) bond motifs is 2. The number of hydrogen-bond donors (Lipinski definition) is 1. The van der Waals surface area contributed by atoms with Crippen LogP contribution in [-0.2, 0) is 0 Å². The van der Waals surface area contributed by atoms with Crippen LogP contribution in [-0.4, -0.2) is 6.54 Å². The molecule has 0 saturated carbocycles. The molecule has 0 aromatic heterocycles. The van der Waals surface area contributed by atoms with E-state index in [-0.39, 0.29) is 0 Å². The van der Waals surface area contributed by atoms with Gasteiger partial charge in [-0.15, -0.1) is 6.58 Å². The van der Waals surface area contributed by atoms with Crippen molar-refractivity contribution in [2.45, 2.75) is 13.8 Å². The lowest BCUT2D eigenvalue weighted by Gasteiger charge is -2.27. The van der Waals surface area contributed by atoms with Gasteiger partial charge in [0.1, 0.15) is 0 Å². The van der Waals surface area contributed by atoms with E-state index in [1.165, 1.54) is 66.1 Å². The van der Waals surface area contributed by atoms with Gasteiger partial charge in [0.05, 0.1) is 0 Å². The predicted octanol–water partition coefficient (Wildman–Crippen LogP) is 16.3. The zero-order chi connectivity index (χ0) is 40.4. The lowest BCUT2D eigenvalue weighted by Crippen LogP contribution is -2.10. The van der Waals surface area contributed by atoms with Crippen LogP contribution in [0, 0.1) is 0 Å². The third-order valence-corrected chi connectivity index (χ3v) is 10.6. The molecule has 9 aromatic rings. The minimum absolute atomic E-state index is 0.772. The first-order chi connectivity index (χ1) is 29.2. The predicted molar refractivity (Wildman–Crippen MR) is 257 cm³/mol. The average molecular weight is 761 g/mol. The Morgan fingerprint density at radius 2 is 0.814 bits per heavy atom. The van der Waals surface area contributed by atoms with Gasteiger partial charge in [0.2, 0.25) is 0 Å². The van der Waals surface area contributed by atoms with Gasteiger partial charge in [0, 0.05) is 34.9 Å². The monoisotopic (exact) mass is 760 g/mol. The molecule has 0 bridgehead atoms. The van der Waals surface area contributed by atoms with Crippen molar-refractivity contribution in [1.82, 2.24) is 0 Å². The summed E-state index contributed by atoms with van der Waals surface area (Å²) < 4.78 is 0. The van der Waals surface area contributed by atoms with Gasteiger partial charge in [-0.1, -0.05) is 182 Å². The van der Waals surface area contributed by atoms with Crippen LogP contribution in [0.3, 0.4) is 0 Å². The highest BCUT2D eigenvalue weighted by atomic mass is 15.1. The van der Waals surface area contributed by atoms with Gasteiger partial charge in [-0.25, -0.2) is 0 Å². The van der Waals surface area contributed by atoms with Crippen molar-refractivity contribution in [3.63, 3.8) is 0 Å². The van der Waals surface area contributed by atoms with E-state index in [1.807, 2.05) is 6.92 Å². The lowest BCUT2D eigenvalue weighted by atomic mass is 9.86. The standard InChI is InChI=1S/C54H42N2.C3H6/c1-2-3-37-55-52-36-35-46(38-51(52)41-17-7-4-8-18-41)56(44-21-11-6-12-22-44)45-33-31-40(32-34-45)39-27-29-43(30-28-39)54-49-25-15-13-23-47(49)53(42-19-9-5-10-20-42)48-24-14-16-26-50(48)54;1-3-2/h2-36,38,55H,37H2,1H3;3H,1H2,2H3/b3-2-;. The van der Waals surface area contributed by atoms with Crippen LogP contribution < -0.4 is 10.2 Å². The Kier molecular flexibility index (Phi) is 11.9. The highest BCUT2D eigenvalue weighted by molar-refractivity contribution is 6.21. The fourth-order valence-corrected chi connectivity index (χ4v) is 7.98. The van der Waals surface area contributed by atoms with Crippen LogP contribution in [0.5, 0.6) is 0 Å². The van der Waals surface area contributed by atoms with Gasteiger partial charge >= 0.3 is 0 Å². The van der Waals surface area contributed by atoms with E-state index in [9.17, 15) is 0 Å². The largest absolute Gasteiger partial charge is 0.381 e. The van der Waals surface area contributed by atoms with E-state index in [4.69, 9.17) is 0 Å². The Balaban J connectivity index is 0.00000157. The summed E-state index contributed by atoms with van der Waals surface area (Å²) in [6.07, 6.45) is 5.97. The fourth-order valence-electron chi connectivity index (χ4n) is 7.98. The molecule has 9 aromatic carbocycles. The summed E-state index contributed by atoms with van der Waals surface area (Å²) in [4.78, 5) is 2.34. The van der Waals surface area contributed by atoms with Gasteiger partial charge < -0.3 is 10.2 Å². The maximum Gasteiger partial charge on any atom is 0.0469 e. The normalized spacial score (nSPS) is 10.9. The van der Waals surface area contributed by atoms with E-state index >= 15 is 0 Å². The van der Waals surface area contributed by atoms with Crippen LogP contribution in [0.15, 0.2) is 231 Å². The van der Waals surface area contributed by atoms with Crippen LogP contribution >= 0.6 is 0 Å². The van der Waals surface area contributed by atoms with Crippen LogP contribution in [0.25, 0.3) is 66.1 Å². The van der Waals surface area contributed by atoms with Crippen molar-refractivity contribution in [3.8, 4) is 44.5 Å². The van der Waals surface area contributed by atoms with E-state index in [2.05, 4.69) is 242 Å². The van der Waals surface area contributed by atoms with Crippen molar-refractivity contribution < 1.29 is 0 Å². The molecule has 0 saturated heterocycles. The highest BCUT2D eigenvalue weighted by Crippen LogP contribution is 2.44.